The third-order valence-corrected chi connectivity index (χ3v) is 2.51. The number of methoxy groups -OCH3 is 1. The zero-order chi connectivity index (χ0) is 12.8. The van der Waals surface area contributed by atoms with Gasteiger partial charge < -0.3 is 15.0 Å². The summed E-state index contributed by atoms with van der Waals surface area (Å²) in [5.41, 5.74) is 0.237. The van der Waals surface area contributed by atoms with E-state index in [0.29, 0.717) is 6.54 Å². The first kappa shape index (κ1) is 13.7. The molecule has 17 heavy (non-hydrogen) atoms. The fourth-order valence-corrected chi connectivity index (χ4v) is 1.51. The van der Waals surface area contributed by atoms with E-state index in [0.717, 1.165) is 25.2 Å². The lowest BCUT2D eigenvalue weighted by Gasteiger charge is -2.20. The molecule has 0 spiro atoms. The lowest BCUT2D eigenvalue weighted by molar-refractivity contribution is 0.383. The van der Waals surface area contributed by atoms with Crippen LogP contribution in [0.2, 0.25) is 0 Å². The van der Waals surface area contributed by atoms with Gasteiger partial charge in [0.05, 0.1) is 12.8 Å². The normalized spacial score (nSPS) is 10.4. The predicted octanol–water partition coefficient (Wildman–Crippen LogP) is 2.02. The van der Waals surface area contributed by atoms with E-state index in [1.807, 2.05) is 6.92 Å². The molecule has 0 atom stereocenters. The van der Waals surface area contributed by atoms with Gasteiger partial charge in [-0.15, -0.1) is 0 Å². The second kappa shape index (κ2) is 6.39. The molecule has 5 heteroatoms. The summed E-state index contributed by atoms with van der Waals surface area (Å²) in [5, 5.41) is 3.12. The van der Waals surface area contributed by atoms with Gasteiger partial charge in [-0.05, 0) is 6.54 Å². The molecule has 0 unspecified atom stereocenters. The van der Waals surface area contributed by atoms with Crippen LogP contribution in [0.25, 0.3) is 0 Å². The van der Waals surface area contributed by atoms with Crippen LogP contribution in [0.4, 0.5) is 14.5 Å². The second-order valence-electron chi connectivity index (χ2n) is 3.71. The molecule has 3 nitrogen and oxygen atoms in total. The molecule has 96 valence electrons. The second-order valence-corrected chi connectivity index (χ2v) is 3.71. The van der Waals surface area contributed by atoms with E-state index in [1.54, 1.807) is 11.9 Å². The standard InChI is InChI=1S/C12H18F2N2O/c1-4-15-5-6-16(2)11-7-10(14)12(17-3)8-9(11)13/h7-8,15H,4-6H2,1-3H3. The Morgan fingerprint density at radius 3 is 2.59 bits per heavy atom. The van der Waals surface area contributed by atoms with Gasteiger partial charge in [-0.1, -0.05) is 6.92 Å². The van der Waals surface area contributed by atoms with Gasteiger partial charge in [0, 0.05) is 32.3 Å². The minimum absolute atomic E-state index is 0.0775. The SMILES string of the molecule is CCNCCN(C)c1cc(F)c(OC)cc1F. The highest BCUT2D eigenvalue weighted by Crippen LogP contribution is 2.26. The highest BCUT2D eigenvalue weighted by Gasteiger charge is 2.13. The zero-order valence-electron chi connectivity index (χ0n) is 10.4. The summed E-state index contributed by atoms with van der Waals surface area (Å²) in [4.78, 5) is 1.67. The number of hydrogen-bond donors (Lipinski definition) is 1. The minimum Gasteiger partial charge on any atom is -0.494 e. The summed E-state index contributed by atoms with van der Waals surface area (Å²) < 4.78 is 31.8. The molecule has 0 aliphatic carbocycles. The first-order valence-electron chi connectivity index (χ1n) is 5.55. The fourth-order valence-electron chi connectivity index (χ4n) is 1.51. The van der Waals surface area contributed by atoms with Crippen LogP contribution < -0.4 is 15.0 Å². The molecule has 1 aromatic carbocycles. The molecule has 1 N–H and O–H groups in total. The van der Waals surface area contributed by atoms with Crippen LogP contribution in [0.5, 0.6) is 5.75 Å². The van der Waals surface area contributed by atoms with Gasteiger partial charge >= 0.3 is 0 Å². The van der Waals surface area contributed by atoms with Crippen molar-refractivity contribution >= 4 is 5.69 Å². The first-order valence-corrected chi connectivity index (χ1v) is 5.55. The summed E-state index contributed by atoms with van der Waals surface area (Å²) in [6, 6.07) is 2.22. The van der Waals surface area contributed by atoms with Crippen molar-refractivity contribution in [2.75, 3.05) is 38.7 Å². The third kappa shape index (κ3) is 3.56. The predicted molar refractivity (Wildman–Crippen MR) is 64.7 cm³/mol. The van der Waals surface area contributed by atoms with E-state index >= 15 is 0 Å². The van der Waals surface area contributed by atoms with Crippen molar-refractivity contribution in [3.05, 3.63) is 23.8 Å². The number of likely N-dealkylation sites (N-methyl/N-ethyl adjacent to an activating group) is 2. The Morgan fingerprint density at radius 2 is 2.00 bits per heavy atom. The first-order chi connectivity index (χ1) is 8.10. The molecule has 0 amide bonds. The maximum Gasteiger partial charge on any atom is 0.167 e. The van der Waals surface area contributed by atoms with Crippen LogP contribution in [0, 0.1) is 11.6 Å². The number of hydrogen-bond acceptors (Lipinski definition) is 3. The molecular formula is C12H18F2N2O. The summed E-state index contributed by atoms with van der Waals surface area (Å²) >= 11 is 0. The Bertz CT molecular complexity index is 372. The molecule has 0 saturated heterocycles. The molecule has 1 rings (SSSR count). The van der Waals surface area contributed by atoms with Crippen LogP contribution >= 0.6 is 0 Å². The molecule has 1 aromatic rings. The molecule has 0 heterocycles. The summed E-state index contributed by atoms with van der Waals surface area (Å²) in [6.45, 7) is 4.18. The van der Waals surface area contributed by atoms with Gasteiger partial charge in [-0.25, -0.2) is 8.78 Å². The van der Waals surface area contributed by atoms with Crippen molar-refractivity contribution in [1.82, 2.24) is 5.32 Å². The largest absolute Gasteiger partial charge is 0.494 e. The van der Waals surface area contributed by atoms with Crippen molar-refractivity contribution < 1.29 is 13.5 Å². The molecule has 0 aromatic heterocycles. The van der Waals surface area contributed by atoms with E-state index in [4.69, 9.17) is 4.74 Å². The Morgan fingerprint density at radius 1 is 1.29 bits per heavy atom. The van der Waals surface area contributed by atoms with Crippen molar-refractivity contribution in [3.63, 3.8) is 0 Å². The summed E-state index contributed by atoms with van der Waals surface area (Å²) in [5.74, 6) is -1.12. The third-order valence-electron chi connectivity index (χ3n) is 2.51. The summed E-state index contributed by atoms with van der Waals surface area (Å²) in [7, 11) is 3.04. The van der Waals surface area contributed by atoms with Crippen molar-refractivity contribution in [2.45, 2.75) is 6.92 Å². The van der Waals surface area contributed by atoms with Gasteiger partial charge in [0.15, 0.2) is 11.6 Å². The van der Waals surface area contributed by atoms with Gasteiger partial charge in [0.1, 0.15) is 5.82 Å². The van der Waals surface area contributed by atoms with Gasteiger partial charge in [-0.2, -0.15) is 0 Å². The average molecular weight is 244 g/mol. The van der Waals surface area contributed by atoms with E-state index in [-0.39, 0.29) is 11.4 Å². The molecule has 0 saturated carbocycles. The Balaban J connectivity index is 2.79. The Hall–Kier alpha value is -1.36. The number of nitrogens with one attached hydrogen (secondary N) is 1. The molecular weight excluding hydrogens is 226 g/mol. The van der Waals surface area contributed by atoms with Gasteiger partial charge in [0.25, 0.3) is 0 Å². The maximum atomic E-state index is 13.7. The summed E-state index contributed by atoms with van der Waals surface area (Å²) in [6.07, 6.45) is 0. The molecule has 0 radical (unpaired) electrons. The number of halogens is 2. The monoisotopic (exact) mass is 244 g/mol. The Kier molecular flexibility index (Phi) is 5.15. The van der Waals surface area contributed by atoms with Crippen molar-refractivity contribution in [2.24, 2.45) is 0 Å². The van der Waals surface area contributed by atoms with Crippen LogP contribution in [-0.2, 0) is 0 Å². The topological polar surface area (TPSA) is 24.5 Å². The number of ether oxygens (including phenoxy) is 1. The lowest BCUT2D eigenvalue weighted by atomic mass is 10.2. The highest BCUT2D eigenvalue weighted by atomic mass is 19.1. The van der Waals surface area contributed by atoms with Gasteiger partial charge in [0.2, 0.25) is 0 Å². The smallest absolute Gasteiger partial charge is 0.167 e. The van der Waals surface area contributed by atoms with E-state index in [1.165, 1.54) is 7.11 Å². The van der Waals surface area contributed by atoms with Crippen molar-refractivity contribution in [1.29, 1.82) is 0 Å². The average Bonchev–Trinajstić information content (AvgIpc) is 2.31. The highest BCUT2D eigenvalue weighted by molar-refractivity contribution is 5.50. The van der Waals surface area contributed by atoms with Gasteiger partial charge in [-0.3, -0.25) is 0 Å². The van der Waals surface area contributed by atoms with Crippen LogP contribution in [0.15, 0.2) is 12.1 Å². The molecule has 0 bridgehead atoms. The van der Waals surface area contributed by atoms with E-state index < -0.39 is 11.6 Å². The maximum absolute atomic E-state index is 13.7. The number of benzene rings is 1. The minimum atomic E-state index is -0.556. The Labute approximate surface area is 100 Å². The molecule has 0 aliphatic rings. The van der Waals surface area contributed by atoms with Crippen LogP contribution in [-0.4, -0.2) is 33.8 Å². The zero-order valence-corrected chi connectivity index (χ0v) is 10.4. The fraction of sp³-hybridized carbons (Fsp3) is 0.500. The quantitative estimate of drug-likeness (QED) is 0.775. The van der Waals surface area contributed by atoms with E-state index in [2.05, 4.69) is 5.32 Å². The number of anilines is 1. The number of nitrogens with zero attached hydrogens (tertiary/aromatic N) is 1. The molecule has 0 fully saturated rings. The van der Waals surface area contributed by atoms with E-state index in [9.17, 15) is 8.78 Å². The van der Waals surface area contributed by atoms with Crippen LogP contribution in [0.3, 0.4) is 0 Å². The van der Waals surface area contributed by atoms with Crippen molar-refractivity contribution in [3.8, 4) is 5.75 Å². The number of rotatable bonds is 6. The lowest BCUT2D eigenvalue weighted by Crippen LogP contribution is -2.29. The molecule has 0 aliphatic heterocycles. The van der Waals surface area contributed by atoms with Crippen LogP contribution in [0.1, 0.15) is 6.92 Å².